The summed E-state index contributed by atoms with van der Waals surface area (Å²) in [6.07, 6.45) is 0. The summed E-state index contributed by atoms with van der Waals surface area (Å²) in [5, 5.41) is 12.2. The number of nitrogens with zero attached hydrogens (tertiary/aromatic N) is 1. The Morgan fingerprint density at radius 3 is 1.13 bits per heavy atom. The van der Waals surface area contributed by atoms with Crippen LogP contribution in [-0.2, 0) is 0 Å². The van der Waals surface area contributed by atoms with E-state index in [0.717, 1.165) is 17.1 Å². The third-order valence-corrected chi connectivity index (χ3v) is 12.8. The molecular formula is C62H41N. The highest BCUT2D eigenvalue weighted by molar-refractivity contribution is 6.22. The van der Waals surface area contributed by atoms with Gasteiger partial charge in [-0.3, -0.25) is 0 Å². The lowest BCUT2D eigenvalue weighted by atomic mass is 9.84. The maximum absolute atomic E-state index is 2.44. The minimum absolute atomic E-state index is 1.12. The molecule has 12 aromatic carbocycles. The first-order valence-corrected chi connectivity index (χ1v) is 21.7. The zero-order valence-corrected chi connectivity index (χ0v) is 34.6. The van der Waals surface area contributed by atoms with Crippen LogP contribution in [0.5, 0.6) is 0 Å². The fraction of sp³-hybridized carbons (Fsp3) is 0. The maximum atomic E-state index is 2.44. The molecule has 0 radical (unpaired) electrons. The molecule has 0 saturated heterocycles. The number of rotatable bonds is 7. The van der Waals surface area contributed by atoms with Crippen molar-refractivity contribution in [2.75, 3.05) is 4.90 Å². The fourth-order valence-electron chi connectivity index (χ4n) is 9.86. The van der Waals surface area contributed by atoms with Crippen LogP contribution in [0.15, 0.2) is 249 Å². The second-order valence-electron chi connectivity index (χ2n) is 16.5. The normalized spacial score (nSPS) is 11.5. The molecule has 0 atom stereocenters. The second kappa shape index (κ2) is 15.3. The van der Waals surface area contributed by atoms with Gasteiger partial charge >= 0.3 is 0 Å². The number of hydrogen-bond acceptors (Lipinski definition) is 1. The van der Waals surface area contributed by atoms with Gasteiger partial charge in [0.2, 0.25) is 0 Å². The average Bonchev–Trinajstić information content (AvgIpc) is 3.36. The molecule has 63 heavy (non-hydrogen) atoms. The highest BCUT2D eigenvalue weighted by atomic mass is 15.1. The van der Waals surface area contributed by atoms with Gasteiger partial charge in [0, 0.05) is 16.5 Å². The average molecular weight is 800 g/mol. The zero-order chi connectivity index (χ0) is 41.7. The SMILES string of the molecule is c1ccc(-c2cc(-c3ccccc3)cc(-c3c4ccccc4c(-c4ccc5cc(N(c6cccc7ccccc67)c6cccc7ccccc67)ccc5c4)c4ccccc34)c2)cc1. The fourth-order valence-corrected chi connectivity index (χ4v) is 9.86. The smallest absolute Gasteiger partial charge is 0.0540 e. The van der Waals surface area contributed by atoms with Crippen molar-refractivity contribution in [2.45, 2.75) is 0 Å². The van der Waals surface area contributed by atoms with E-state index in [-0.39, 0.29) is 0 Å². The van der Waals surface area contributed by atoms with Gasteiger partial charge < -0.3 is 4.90 Å². The maximum Gasteiger partial charge on any atom is 0.0540 e. The largest absolute Gasteiger partial charge is 0.309 e. The van der Waals surface area contributed by atoms with Crippen LogP contribution in [-0.4, -0.2) is 0 Å². The van der Waals surface area contributed by atoms with E-state index in [1.165, 1.54) is 98.4 Å². The van der Waals surface area contributed by atoms with Gasteiger partial charge in [0.1, 0.15) is 0 Å². The Morgan fingerprint density at radius 2 is 0.603 bits per heavy atom. The van der Waals surface area contributed by atoms with Crippen LogP contribution in [0.4, 0.5) is 17.1 Å². The van der Waals surface area contributed by atoms with Crippen LogP contribution in [0.1, 0.15) is 0 Å². The van der Waals surface area contributed by atoms with Gasteiger partial charge in [-0.25, -0.2) is 0 Å². The summed E-state index contributed by atoms with van der Waals surface area (Å²) in [4.78, 5) is 2.44. The van der Waals surface area contributed by atoms with Crippen LogP contribution in [0, 0.1) is 0 Å². The minimum atomic E-state index is 1.12. The predicted octanol–water partition coefficient (Wildman–Crippen LogP) is 17.6. The molecule has 0 aromatic heterocycles. The van der Waals surface area contributed by atoms with E-state index in [1.807, 2.05) is 0 Å². The Bertz CT molecular complexity index is 3480. The standard InChI is InChI=1S/C62H41N/c1-3-17-42(18-4-1)49-38-50(43-19-5-2-6-20-43)40-51(39-49)62-57-29-13-11-27-55(57)61(56-28-12-14-30-58(56)62)48-34-33-47-41-52(36-35-46(47)37-48)63(59-31-15-23-44-21-7-9-25-53(44)59)60-32-16-24-45-22-8-10-26-54(45)60/h1-41H. The molecule has 0 aliphatic rings. The first-order valence-electron chi connectivity index (χ1n) is 21.7. The van der Waals surface area contributed by atoms with E-state index >= 15 is 0 Å². The number of hydrogen-bond donors (Lipinski definition) is 0. The Hall–Kier alpha value is -8.26. The minimum Gasteiger partial charge on any atom is -0.309 e. The predicted molar refractivity (Wildman–Crippen MR) is 270 cm³/mol. The Kier molecular flexibility index (Phi) is 8.90. The molecule has 0 aliphatic heterocycles. The second-order valence-corrected chi connectivity index (χ2v) is 16.5. The van der Waals surface area contributed by atoms with Gasteiger partial charge in [-0.05, 0) is 136 Å². The lowest BCUT2D eigenvalue weighted by Crippen LogP contribution is -2.11. The molecule has 1 nitrogen and oxygen atoms in total. The molecule has 0 heterocycles. The highest BCUT2D eigenvalue weighted by Gasteiger charge is 2.21. The van der Waals surface area contributed by atoms with Crippen molar-refractivity contribution < 1.29 is 0 Å². The summed E-state index contributed by atoms with van der Waals surface area (Å²) in [7, 11) is 0. The van der Waals surface area contributed by atoms with Crippen LogP contribution in [0.25, 0.3) is 98.4 Å². The summed E-state index contributed by atoms with van der Waals surface area (Å²) >= 11 is 0. The molecule has 0 amide bonds. The quantitative estimate of drug-likeness (QED) is 0.145. The van der Waals surface area contributed by atoms with Crippen molar-refractivity contribution >= 4 is 70.9 Å². The lowest BCUT2D eigenvalue weighted by molar-refractivity contribution is 1.32. The van der Waals surface area contributed by atoms with Crippen LogP contribution < -0.4 is 4.90 Å². The number of fused-ring (bicyclic) bond motifs is 5. The van der Waals surface area contributed by atoms with Gasteiger partial charge in [0.15, 0.2) is 0 Å². The molecule has 0 spiro atoms. The molecule has 0 N–H and O–H groups in total. The van der Waals surface area contributed by atoms with E-state index in [9.17, 15) is 0 Å². The first-order chi connectivity index (χ1) is 31.2. The molecule has 0 saturated carbocycles. The number of anilines is 3. The number of benzene rings is 12. The van der Waals surface area contributed by atoms with E-state index in [4.69, 9.17) is 0 Å². The van der Waals surface area contributed by atoms with Crippen molar-refractivity contribution in [1.29, 1.82) is 0 Å². The summed E-state index contributed by atoms with van der Waals surface area (Å²) in [5.74, 6) is 0. The Morgan fingerprint density at radius 1 is 0.206 bits per heavy atom. The summed E-state index contributed by atoms with van der Waals surface area (Å²) < 4.78 is 0. The third kappa shape index (κ3) is 6.42. The van der Waals surface area contributed by atoms with Gasteiger partial charge in [-0.1, -0.05) is 200 Å². The Balaban J connectivity index is 1.04. The van der Waals surface area contributed by atoms with Gasteiger partial charge in [0.05, 0.1) is 11.4 Å². The topological polar surface area (TPSA) is 3.24 Å². The van der Waals surface area contributed by atoms with Crippen molar-refractivity contribution in [3.63, 3.8) is 0 Å². The van der Waals surface area contributed by atoms with Crippen LogP contribution in [0.3, 0.4) is 0 Å². The summed E-state index contributed by atoms with van der Waals surface area (Å²) in [6, 6.07) is 91.1. The molecular weight excluding hydrogens is 759 g/mol. The molecule has 0 unspecified atom stereocenters. The highest BCUT2D eigenvalue weighted by Crippen LogP contribution is 2.47. The van der Waals surface area contributed by atoms with Crippen molar-refractivity contribution in [3.8, 4) is 44.5 Å². The molecule has 0 bridgehead atoms. The monoisotopic (exact) mass is 799 g/mol. The summed E-state index contributed by atoms with van der Waals surface area (Å²) in [5.41, 5.74) is 13.2. The van der Waals surface area contributed by atoms with Crippen LogP contribution >= 0.6 is 0 Å². The van der Waals surface area contributed by atoms with E-state index in [2.05, 4.69) is 254 Å². The van der Waals surface area contributed by atoms with Gasteiger partial charge in [-0.15, -0.1) is 0 Å². The van der Waals surface area contributed by atoms with Crippen molar-refractivity contribution in [3.05, 3.63) is 249 Å². The van der Waals surface area contributed by atoms with E-state index in [0.29, 0.717) is 0 Å². The molecule has 12 rings (SSSR count). The van der Waals surface area contributed by atoms with Gasteiger partial charge in [0.25, 0.3) is 0 Å². The van der Waals surface area contributed by atoms with Gasteiger partial charge in [-0.2, -0.15) is 0 Å². The Labute approximate surface area is 367 Å². The van der Waals surface area contributed by atoms with E-state index < -0.39 is 0 Å². The van der Waals surface area contributed by atoms with Crippen molar-refractivity contribution in [1.82, 2.24) is 0 Å². The van der Waals surface area contributed by atoms with Crippen molar-refractivity contribution in [2.24, 2.45) is 0 Å². The lowest BCUT2D eigenvalue weighted by Gasteiger charge is -2.28. The third-order valence-electron chi connectivity index (χ3n) is 12.8. The molecule has 0 fully saturated rings. The molecule has 1 heteroatoms. The first kappa shape index (κ1) is 36.6. The molecule has 12 aromatic rings. The van der Waals surface area contributed by atoms with E-state index in [1.54, 1.807) is 0 Å². The zero-order valence-electron chi connectivity index (χ0n) is 34.6. The summed E-state index contributed by atoms with van der Waals surface area (Å²) in [6.45, 7) is 0. The molecule has 294 valence electrons. The van der Waals surface area contributed by atoms with Crippen LogP contribution in [0.2, 0.25) is 0 Å². The molecule has 0 aliphatic carbocycles.